The Morgan fingerprint density at radius 1 is 0.677 bits per heavy atom. The molecule has 0 aliphatic rings. The maximum atomic E-state index is 12.8. The van der Waals surface area contributed by atoms with Crippen LogP contribution in [0.1, 0.15) is 149 Å². The van der Waals surface area contributed by atoms with E-state index in [-0.39, 0.29) is 5.92 Å². The molecule has 0 saturated heterocycles. The van der Waals surface area contributed by atoms with Gasteiger partial charge in [-0.25, -0.2) is 0 Å². The Kier molecular flexibility index (Phi) is 23.1. The van der Waals surface area contributed by atoms with Crippen LogP contribution in [-0.4, -0.2) is 18.9 Å². The zero-order valence-corrected chi connectivity index (χ0v) is 21.3. The van der Waals surface area contributed by atoms with Crippen molar-refractivity contribution in [3.8, 4) is 0 Å². The fraction of sp³-hybridized carbons (Fsp3) is 0.929. The number of rotatable bonds is 25. The maximum absolute atomic E-state index is 12.8. The number of Topliss-reactive ketones (excluding diaryl/α,β-unsaturated/α-hetero) is 1. The van der Waals surface area contributed by atoms with Crippen LogP contribution in [0.5, 0.6) is 0 Å². The van der Waals surface area contributed by atoms with E-state index in [9.17, 15) is 9.59 Å². The Labute approximate surface area is 194 Å². The fourth-order valence-corrected chi connectivity index (χ4v) is 4.57. The molecule has 0 aromatic heterocycles. The second kappa shape index (κ2) is 23.8. The molecular formula is C28H54O3. The quantitative estimate of drug-likeness (QED) is 0.106. The first-order chi connectivity index (χ1) is 15.2. The van der Waals surface area contributed by atoms with Crippen molar-refractivity contribution < 1.29 is 14.3 Å². The summed E-state index contributed by atoms with van der Waals surface area (Å²) >= 11 is 0. The van der Waals surface area contributed by atoms with Crippen LogP contribution in [0.2, 0.25) is 0 Å². The van der Waals surface area contributed by atoms with Crippen molar-refractivity contribution >= 4 is 12.3 Å². The van der Waals surface area contributed by atoms with E-state index in [0.29, 0.717) is 24.8 Å². The van der Waals surface area contributed by atoms with Gasteiger partial charge < -0.3 is 4.74 Å². The maximum Gasteiger partial charge on any atom is 0.293 e. The summed E-state index contributed by atoms with van der Waals surface area (Å²) < 4.78 is 4.72. The lowest BCUT2D eigenvalue weighted by Gasteiger charge is -2.23. The average Bonchev–Trinajstić information content (AvgIpc) is 2.78. The van der Waals surface area contributed by atoms with Crippen molar-refractivity contribution in [3.05, 3.63) is 0 Å². The van der Waals surface area contributed by atoms with E-state index in [1.54, 1.807) is 0 Å². The molecule has 0 bridgehead atoms. The van der Waals surface area contributed by atoms with Crippen LogP contribution in [-0.2, 0) is 14.3 Å². The second-order valence-electron chi connectivity index (χ2n) is 9.61. The Bertz CT molecular complexity index is 378. The first-order valence-electron chi connectivity index (χ1n) is 13.7. The summed E-state index contributed by atoms with van der Waals surface area (Å²) in [5.41, 5.74) is 0. The van der Waals surface area contributed by atoms with Gasteiger partial charge >= 0.3 is 0 Å². The van der Waals surface area contributed by atoms with Crippen LogP contribution in [0.15, 0.2) is 0 Å². The van der Waals surface area contributed by atoms with Crippen LogP contribution < -0.4 is 0 Å². The third-order valence-electron chi connectivity index (χ3n) is 6.83. The van der Waals surface area contributed by atoms with Gasteiger partial charge in [0.2, 0.25) is 0 Å². The molecule has 1 atom stereocenters. The number of carbonyl (C=O) groups is 2. The van der Waals surface area contributed by atoms with Gasteiger partial charge in [-0.15, -0.1) is 0 Å². The smallest absolute Gasteiger partial charge is 0.293 e. The van der Waals surface area contributed by atoms with Crippen molar-refractivity contribution in [3.63, 3.8) is 0 Å². The molecule has 0 spiro atoms. The zero-order chi connectivity index (χ0) is 23.0. The first-order valence-corrected chi connectivity index (χ1v) is 13.7. The van der Waals surface area contributed by atoms with Crippen LogP contribution in [0, 0.1) is 11.8 Å². The van der Waals surface area contributed by atoms with Gasteiger partial charge in [0, 0.05) is 12.3 Å². The van der Waals surface area contributed by atoms with Crippen molar-refractivity contribution in [2.24, 2.45) is 11.8 Å². The van der Waals surface area contributed by atoms with E-state index in [1.165, 1.54) is 89.9 Å². The van der Waals surface area contributed by atoms with Gasteiger partial charge in [-0.3, -0.25) is 9.59 Å². The number of unbranched alkanes of at least 4 members (excludes halogenated alkanes) is 14. The predicted octanol–water partition coefficient (Wildman–Crippen LogP) is 8.82. The Balaban J connectivity index is 4.19. The SMILES string of the molecule is CCCCCCCCC(CCCCCCCC)C(C)C(=O)CCCCCCCOC=O. The van der Waals surface area contributed by atoms with Gasteiger partial charge in [0.25, 0.3) is 6.47 Å². The molecule has 0 heterocycles. The Morgan fingerprint density at radius 3 is 1.65 bits per heavy atom. The molecule has 0 saturated carbocycles. The van der Waals surface area contributed by atoms with Gasteiger partial charge in [0.15, 0.2) is 0 Å². The summed E-state index contributed by atoms with van der Waals surface area (Å²) in [6.45, 7) is 7.79. The molecule has 0 aromatic rings. The van der Waals surface area contributed by atoms with Crippen LogP contribution in [0.4, 0.5) is 0 Å². The molecular weight excluding hydrogens is 384 g/mol. The molecule has 0 radical (unpaired) electrons. The highest BCUT2D eigenvalue weighted by molar-refractivity contribution is 5.80. The molecule has 31 heavy (non-hydrogen) atoms. The van der Waals surface area contributed by atoms with Gasteiger partial charge in [-0.1, -0.05) is 117 Å². The normalized spacial score (nSPS) is 12.3. The molecule has 0 fully saturated rings. The largest absolute Gasteiger partial charge is 0.468 e. The molecule has 0 N–H and O–H groups in total. The summed E-state index contributed by atoms with van der Waals surface area (Å²) in [5.74, 6) is 1.31. The van der Waals surface area contributed by atoms with Crippen molar-refractivity contribution in [1.29, 1.82) is 0 Å². The highest BCUT2D eigenvalue weighted by Gasteiger charge is 2.22. The number of ketones is 1. The molecule has 3 heteroatoms. The van der Waals surface area contributed by atoms with E-state index in [4.69, 9.17) is 4.74 Å². The van der Waals surface area contributed by atoms with Gasteiger partial charge in [0.05, 0.1) is 6.61 Å². The molecule has 0 aliphatic carbocycles. The summed E-state index contributed by atoms with van der Waals surface area (Å²) in [6.07, 6.45) is 24.5. The highest BCUT2D eigenvalue weighted by atomic mass is 16.5. The monoisotopic (exact) mass is 438 g/mol. The van der Waals surface area contributed by atoms with Gasteiger partial charge in [-0.05, 0) is 31.6 Å². The van der Waals surface area contributed by atoms with E-state index < -0.39 is 0 Å². The second-order valence-corrected chi connectivity index (χ2v) is 9.61. The number of hydrogen-bond donors (Lipinski definition) is 0. The lowest BCUT2D eigenvalue weighted by Crippen LogP contribution is -2.21. The topological polar surface area (TPSA) is 43.4 Å². The highest BCUT2D eigenvalue weighted by Crippen LogP contribution is 2.28. The third-order valence-corrected chi connectivity index (χ3v) is 6.83. The van der Waals surface area contributed by atoms with E-state index in [2.05, 4.69) is 20.8 Å². The predicted molar refractivity (Wildman–Crippen MR) is 133 cm³/mol. The minimum atomic E-state index is 0.229. The summed E-state index contributed by atoms with van der Waals surface area (Å²) in [5, 5.41) is 0. The molecule has 0 amide bonds. The van der Waals surface area contributed by atoms with Gasteiger partial charge in [0.1, 0.15) is 5.78 Å². The fourth-order valence-electron chi connectivity index (χ4n) is 4.57. The summed E-state index contributed by atoms with van der Waals surface area (Å²) in [6, 6.07) is 0. The summed E-state index contributed by atoms with van der Waals surface area (Å²) in [7, 11) is 0. The van der Waals surface area contributed by atoms with Crippen molar-refractivity contribution in [2.45, 2.75) is 149 Å². The van der Waals surface area contributed by atoms with E-state index in [1.807, 2.05) is 0 Å². The zero-order valence-electron chi connectivity index (χ0n) is 21.3. The molecule has 0 rings (SSSR count). The molecule has 184 valence electrons. The molecule has 0 aromatic carbocycles. The van der Waals surface area contributed by atoms with E-state index >= 15 is 0 Å². The lowest BCUT2D eigenvalue weighted by atomic mass is 9.81. The van der Waals surface area contributed by atoms with Crippen molar-refractivity contribution in [2.75, 3.05) is 6.61 Å². The number of hydrogen-bond acceptors (Lipinski definition) is 3. The van der Waals surface area contributed by atoms with E-state index in [0.717, 1.165) is 38.5 Å². The lowest BCUT2D eigenvalue weighted by molar-refractivity contribution is -0.129. The Morgan fingerprint density at radius 2 is 1.13 bits per heavy atom. The minimum Gasteiger partial charge on any atom is -0.468 e. The molecule has 1 unspecified atom stereocenters. The average molecular weight is 439 g/mol. The standard InChI is InChI=1S/C28H54O3/c1-4-6-8-10-13-17-21-27(22-18-14-11-9-7-5-2)26(3)28(30)23-19-15-12-16-20-24-31-25-29/h25-27H,4-24H2,1-3H3. The van der Waals surface area contributed by atoms with Crippen molar-refractivity contribution in [1.82, 2.24) is 0 Å². The summed E-state index contributed by atoms with van der Waals surface area (Å²) in [4.78, 5) is 23.0. The van der Waals surface area contributed by atoms with Crippen LogP contribution in [0.3, 0.4) is 0 Å². The Hall–Kier alpha value is -0.860. The first kappa shape index (κ1) is 30.1. The molecule has 3 nitrogen and oxygen atoms in total. The van der Waals surface area contributed by atoms with Gasteiger partial charge in [-0.2, -0.15) is 0 Å². The third kappa shape index (κ3) is 19.5. The molecule has 0 aliphatic heterocycles. The minimum absolute atomic E-state index is 0.229. The van der Waals surface area contributed by atoms with Crippen LogP contribution >= 0.6 is 0 Å². The number of carbonyl (C=O) groups excluding carboxylic acids is 2. The van der Waals surface area contributed by atoms with Crippen LogP contribution in [0.25, 0.3) is 0 Å². The number of ether oxygens (including phenoxy) is 1.